The molecule has 0 saturated carbocycles. The molecule has 0 radical (unpaired) electrons. The van der Waals surface area contributed by atoms with Gasteiger partial charge in [0.05, 0.1) is 7.11 Å². The van der Waals surface area contributed by atoms with Crippen molar-refractivity contribution >= 4 is 0 Å². The number of methoxy groups -OCH3 is 1. The molecule has 1 unspecified atom stereocenters. The van der Waals surface area contributed by atoms with Crippen molar-refractivity contribution in [3.63, 3.8) is 0 Å². The van der Waals surface area contributed by atoms with Gasteiger partial charge < -0.3 is 10.1 Å². The summed E-state index contributed by atoms with van der Waals surface area (Å²) < 4.78 is 19.3. The summed E-state index contributed by atoms with van der Waals surface area (Å²) in [7, 11) is 3.47. The van der Waals surface area contributed by atoms with E-state index >= 15 is 0 Å². The van der Waals surface area contributed by atoms with Crippen LogP contribution in [0.3, 0.4) is 0 Å². The highest BCUT2D eigenvalue weighted by Crippen LogP contribution is 2.32. The van der Waals surface area contributed by atoms with Crippen LogP contribution in [-0.2, 0) is 0 Å². The van der Waals surface area contributed by atoms with Gasteiger partial charge in [-0.15, -0.1) is 0 Å². The van der Waals surface area contributed by atoms with E-state index in [1.165, 1.54) is 6.07 Å². The first-order valence-electron chi connectivity index (χ1n) is 7.18. The summed E-state index contributed by atoms with van der Waals surface area (Å²) in [6.45, 7) is 4.36. The van der Waals surface area contributed by atoms with Crippen molar-refractivity contribution in [1.29, 1.82) is 0 Å². The Morgan fingerprint density at radius 2 is 1.84 bits per heavy atom. The number of benzene rings is 1. The standard InChI is InChI=1S/C16H26FNO/c1-5-7-12(8-6-2)16(18-3)14-10-9-13(19-4)11-15(14)17/h9-12,16,18H,5-8H2,1-4H3. The molecular formula is C16H26FNO. The fourth-order valence-electron chi connectivity index (χ4n) is 2.75. The highest BCUT2D eigenvalue weighted by Gasteiger charge is 2.23. The van der Waals surface area contributed by atoms with Gasteiger partial charge >= 0.3 is 0 Å². The van der Waals surface area contributed by atoms with Gasteiger partial charge in [-0.05, 0) is 31.9 Å². The Hall–Kier alpha value is -1.09. The second-order valence-corrected chi connectivity index (χ2v) is 4.99. The third kappa shape index (κ3) is 4.20. The zero-order valence-corrected chi connectivity index (χ0v) is 12.5. The lowest BCUT2D eigenvalue weighted by molar-refractivity contribution is 0.322. The normalized spacial score (nSPS) is 12.7. The summed E-state index contributed by atoms with van der Waals surface area (Å²) >= 11 is 0. The van der Waals surface area contributed by atoms with Crippen LogP contribution in [-0.4, -0.2) is 14.2 Å². The summed E-state index contributed by atoms with van der Waals surface area (Å²) in [6, 6.07) is 5.21. The molecule has 3 heteroatoms. The quantitative estimate of drug-likeness (QED) is 0.757. The minimum Gasteiger partial charge on any atom is -0.497 e. The molecule has 0 fully saturated rings. The maximum absolute atomic E-state index is 14.2. The van der Waals surface area contributed by atoms with Gasteiger partial charge in [0.15, 0.2) is 0 Å². The lowest BCUT2D eigenvalue weighted by Crippen LogP contribution is -2.26. The van der Waals surface area contributed by atoms with E-state index in [4.69, 9.17) is 4.74 Å². The number of nitrogens with one attached hydrogen (secondary N) is 1. The molecule has 1 rings (SSSR count). The molecule has 1 aromatic rings. The molecule has 1 aromatic carbocycles. The minimum absolute atomic E-state index is 0.0748. The largest absolute Gasteiger partial charge is 0.497 e. The van der Waals surface area contributed by atoms with E-state index < -0.39 is 0 Å². The van der Waals surface area contributed by atoms with Gasteiger partial charge in [0.2, 0.25) is 0 Å². The van der Waals surface area contributed by atoms with Crippen molar-refractivity contribution in [2.45, 2.75) is 45.6 Å². The maximum Gasteiger partial charge on any atom is 0.131 e. The molecule has 0 saturated heterocycles. The van der Waals surface area contributed by atoms with Gasteiger partial charge in [-0.3, -0.25) is 0 Å². The number of ether oxygens (including phenoxy) is 1. The monoisotopic (exact) mass is 267 g/mol. The molecule has 1 N–H and O–H groups in total. The van der Waals surface area contributed by atoms with E-state index in [0.717, 1.165) is 31.2 Å². The van der Waals surface area contributed by atoms with Crippen LogP contribution < -0.4 is 10.1 Å². The van der Waals surface area contributed by atoms with Crippen molar-refractivity contribution in [3.8, 4) is 5.75 Å². The SMILES string of the molecule is CCCC(CCC)C(NC)c1ccc(OC)cc1F. The third-order valence-electron chi connectivity index (χ3n) is 3.64. The van der Waals surface area contributed by atoms with Gasteiger partial charge in [0.25, 0.3) is 0 Å². The van der Waals surface area contributed by atoms with E-state index in [1.54, 1.807) is 7.11 Å². The molecule has 0 aliphatic heterocycles. The number of halogens is 1. The topological polar surface area (TPSA) is 21.3 Å². The fourth-order valence-corrected chi connectivity index (χ4v) is 2.75. The van der Waals surface area contributed by atoms with Crippen molar-refractivity contribution in [1.82, 2.24) is 5.32 Å². The fraction of sp³-hybridized carbons (Fsp3) is 0.625. The van der Waals surface area contributed by atoms with Crippen LogP contribution in [0.2, 0.25) is 0 Å². The van der Waals surface area contributed by atoms with Crippen LogP contribution in [0, 0.1) is 11.7 Å². The Morgan fingerprint density at radius 1 is 1.21 bits per heavy atom. The highest BCUT2D eigenvalue weighted by atomic mass is 19.1. The molecule has 0 aliphatic carbocycles. The smallest absolute Gasteiger partial charge is 0.131 e. The van der Waals surface area contributed by atoms with Crippen LogP contribution >= 0.6 is 0 Å². The Morgan fingerprint density at radius 3 is 2.26 bits per heavy atom. The van der Waals surface area contributed by atoms with E-state index in [0.29, 0.717) is 11.7 Å². The molecule has 0 amide bonds. The molecule has 108 valence electrons. The highest BCUT2D eigenvalue weighted by molar-refractivity contribution is 5.31. The Bertz CT molecular complexity index is 375. The summed E-state index contributed by atoms with van der Waals surface area (Å²) in [6.07, 6.45) is 4.48. The maximum atomic E-state index is 14.2. The Labute approximate surface area is 116 Å². The molecule has 0 bridgehead atoms. The van der Waals surface area contributed by atoms with Crippen molar-refractivity contribution in [2.24, 2.45) is 5.92 Å². The first-order valence-corrected chi connectivity index (χ1v) is 7.18. The molecule has 2 nitrogen and oxygen atoms in total. The second-order valence-electron chi connectivity index (χ2n) is 4.99. The van der Waals surface area contributed by atoms with Crippen molar-refractivity contribution in [2.75, 3.05) is 14.2 Å². The molecule has 0 aromatic heterocycles. The first kappa shape index (κ1) is 16.0. The average Bonchev–Trinajstić information content (AvgIpc) is 2.41. The van der Waals surface area contributed by atoms with Gasteiger partial charge in [-0.2, -0.15) is 0 Å². The Kier molecular flexibility index (Phi) is 6.85. The lowest BCUT2D eigenvalue weighted by Gasteiger charge is -2.27. The van der Waals surface area contributed by atoms with Gasteiger partial charge in [0.1, 0.15) is 11.6 Å². The predicted molar refractivity (Wildman–Crippen MR) is 78.1 cm³/mol. The van der Waals surface area contributed by atoms with Crippen LogP contribution in [0.25, 0.3) is 0 Å². The predicted octanol–water partition coefficient (Wildman–Crippen LogP) is 4.31. The molecule has 0 heterocycles. The van der Waals surface area contributed by atoms with E-state index in [9.17, 15) is 4.39 Å². The van der Waals surface area contributed by atoms with Crippen molar-refractivity contribution in [3.05, 3.63) is 29.6 Å². The van der Waals surface area contributed by atoms with Crippen LogP contribution in [0.15, 0.2) is 18.2 Å². The zero-order chi connectivity index (χ0) is 14.3. The molecule has 0 spiro atoms. The van der Waals surface area contributed by atoms with Gasteiger partial charge in [-0.1, -0.05) is 32.8 Å². The molecule has 1 atom stereocenters. The second kappa shape index (κ2) is 8.16. The molecule has 19 heavy (non-hydrogen) atoms. The van der Waals surface area contributed by atoms with Crippen LogP contribution in [0.5, 0.6) is 5.75 Å². The van der Waals surface area contributed by atoms with Gasteiger partial charge in [-0.25, -0.2) is 4.39 Å². The number of hydrogen-bond donors (Lipinski definition) is 1. The summed E-state index contributed by atoms with van der Waals surface area (Å²) in [5.74, 6) is 0.859. The summed E-state index contributed by atoms with van der Waals surface area (Å²) in [4.78, 5) is 0. The summed E-state index contributed by atoms with van der Waals surface area (Å²) in [5, 5.41) is 3.29. The van der Waals surface area contributed by atoms with E-state index in [-0.39, 0.29) is 11.9 Å². The van der Waals surface area contributed by atoms with E-state index in [2.05, 4.69) is 19.2 Å². The minimum atomic E-state index is -0.184. The van der Waals surface area contributed by atoms with Crippen molar-refractivity contribution < 1.29 is 9.13 Å². The van der Waals surface area contributed by atoms with Gasteiger partial charge in [0, 0.05) is 17.7 Å². The number of hydrogen-bond acceptors (Lipinski definition) is 2. The van der Waals surface area contributed by atoms with Crippen LogP contribution in [0.1, 0.15) is 51.1 Å². The zero-order valence-electron chi connectivity index (χ0n) is 12.5. The molecule has 0 aliphatic rings. The van der Waals surface area contributed by atoms with Crippen LogP contribution in [0.4, 0.5) is 4.39 Å². The van der Waals surface area contributed by atoms with E-state index in [1.807, 2.05) is 19.2 Å². The number of rotatable bonds is 8. The first-order chi connectivity index (χ1) is 9.17. The molecular weight excluding hydrogens is 241 g/mol. The average molecular weight is 267 g/mol. The lowest BCUT2D eigenvalue weighted by atomic mass is 9.86. The third-order valence-corrected chi connectivity index (χ3v) is 3.64. The summed E-state index contributed by atoms with van der Waals surface area (Å²) in [5.41, 5.74) is 0.746. The Balaban J connectivity index is 2.99.